The molecule has 2 N–H and O–H groups in total. The number of likely N-dealkylation sites (tertiary alicyclic amines) is 2. The van der Waals surface area contributed by atoms with Crippen molar-refractivity contribution < 1.29 is 33.0 Å². The smallest absolute Gasteiger partial charge is 0.253 e. The predicted octanol–water partition coefficient (Wildman–Crippen LogP) is 1.35. The van der Waals surface area contributed by atoms with Crippen LogP contribution in [0.1, 0.15) is 55.3 Å². The molecule has 0 radical (unpaired) electrons. The molecule has 48 heavy (non-hydrogen) atoms. The maximum absolute atomic E-state index is 13.9. The van der Waals surface area contributed by atoms with E-state index in [1.807, 2.05) is 4.90 Å². The number of amides is 4. The molecule has 12 nitrogen and oxygen atoms in total. The molecule has 4 amide bonds. The quantitative estimate of drug-likeness (QED) is 0.435. The van der Waals surface area contributed by atoms with Crippen molar-refractivity contribution in [2.45, 2.75) is 57.0 Å². The van der Waals surface area contributed by atoms with Crippen LogP contribution in [0.15, 0.2) is 24.3 Å². The van der Waals surface area contributed by atoms with Crippen molar-refractivity contribution in [3.05, 3.63) is 35.6 Å². The molecule has 0 aliphatic carbocycles. The van der Waals surface area contributed by atoms with Crippen molar-refractivity contribution in [1.29, 1.82) is 0 Å². The highest BCUT2D eigenvalue weighted by atomic mass is 19.1. The zero-order valence-corrected chi connectivity index (χ0v) is 28.4. The average Bonchev–Trinajstić information content (AvgIpc) is 3.09. The van der Waals surface area contributed by atoms with Gasteiger partial charge in [0, 0.05) is 56.8 Å². The van der Waals surface area contributed by atoms with E-state index in [4.69, 9.17) is 9.47 Å². The summed E-state index contributed by atoms with van der Waals surface area (Å²) in [5, 5.41) is 6.70. The van der Waals surface area contributed by atoms with E-state index in [1.165, 1.54) is 24.3 Å². The highest BCUT2D eigenvalue weighted by Crippen LogP contribution is 2.30. The standard InChI is InChI=1S/C35H53FN6O6/c1-39-14-8-30(9-15-39)37-12-6-28-23-41-16-7-27(28)22-32(43)38-13-19-47-20-21-48-25-34(45)42(24-33(41)44)31-10-17-40(18-11-31)35(46)26-2-4-29(36)5-3-26/h2-5,27-28,30-31,37H,6-25H2,1H3,(H,38,43)/t27-,28-/m0/s1. The fourth-order valence-corrected chi connectivity index (χ4v) is 7.45. The van der Waals surface area contributed by atoms with E-state index in [0.29, 0.717) is 70.2 Å². The fourth-order valence-electron chi connectivity index (χ4n) is 7.45. The maximum Gasteiger partial charge on any atom is 0.253 e. The fraction of sp³-hybridized carbons (Fsp3) is 0.714. The van der Waals surface area contributed by atoms with Gasteiger partial charge in [0.2, 0.25) is 17.7 Å². The lowest BCUT2D eigenvalue weighted by Crippen LogP contribution is -2.54. The third-order valence-electron chi connectivity index (χ3n) is 10.4. The van der Waals surface area contributed by atoms with Gasteiger partial charge >= 0.3 is 0 Å². The number of nitrogens with one attached hydrogen (secondary N) is 2. The van der Waals surface area contributed by atoms with E-state index in [-0.39, 0.29) is 67.9 Å². The van der Waals surface area contributed by atoms with E-state index in [2.05, 4.69) is 22.6 Å². The molecule has 5 fully saturated rings. The van der Waals surface area contributed by atoms with Crippen LogP contribution in [0.3, 0.4) is 0 Å². The van der Waals surface area contributed by atoms with Crippen LogP contribution in [-0.4, -0.2) is 148 Å². The average molecular weight is 673 g/mol. The van der Waals surface area contributed by atoms with Gasteiger partial charge in [-0.1, -0.05) is 0 Å². The van der Waals surface area contributed by atoms with Crippen molar-refractivity contribution in [2.24, 2.45) is 11.8 Å². The van der Waals surface area contributed by atoms with Gasteiger partial charge in [-0.2, -0.15) is 0 Å². The maximum atomic E-state index is 13.9. The number of hydrogen-bond acceptors (Lipinski definition) is 8. The monoisotopic (exact) mass is 672 g/mol. The molecule has 5 aliphatic rings. The molecule has 6 rings (SSSR count). The van der Waals surface area contributed by atoms with Crippen LogP contribution in [0.2, 0.25) is 0 Å². The number of rotatable bonds is 6. The number of ether oxygens (including phenoxy) is 2. The lowest BCUT2D eigenvalue weighted by molar-refractivity contribution is -0.148. The zero-order valence-electron chi connectivity index (χ0n) is 28.4. The van der Waals surface area contributed by atoms with Gasteiger partial charge in [-0.15, -0.1) is 0 Å². The molecule has 0 aromatic heterocycles. The molecule has 0 spiro atoms. The Morgan fingerprint density at radius 2 is 1.65 bits per heavy atom. The van der Waals surface area contributed by atoms with Crippen LogP contribution in [0.25, 0.3) is 0 Å². The summed E-state index contributed by atoms with van der Waals surface area (Å²) in [6, 6.07) is 5.78. The summed E-state index contributed by atoms with van der Waals surface area (Å²) >= 11 is 0. The Kier molecular flexibility index (Phi) is 13.6. The first-order valence-electron chi connectivity index (χ1n) is 17.7. The van der Waals surface area contributed by atoms with Gasteiger partial charge in [0.05, 0.1) is 19.8 Å². The Morgan fingerprint density at radius 1 is 0.917 bits per heavy atom. The summed E-state index contributed by atoms with van der Waals surface area (Å²) < 4.78 is 24.6. The minimum absolute atomic E-state index is 0.00930. The third kappa shape index (κ3) is 10.4. The molecule has 2 bridgehead atoms. The number of carbonyl (C=O) groups excluding carboxylic acids is 4. The number of fused-ring (bicyclic) bond motifs is 15. The summed E-state index contributed by atoms with van der Waals surface area (Å²) in [4.78, 5) is 60.9. The summed E-state index contributed by atoms with van der Waals surface area (Å²) in [5.41, 5.74) is 0.422. The van der Waals surface area contributed by atoms with Crippen LogP contribution >= 0.6 is 0 Å². The van der Waals surface area contributed by atoms with E-state index >= 15 is 0 Å². The van der Waals surface area contributed by atoms with Crippen LogP contribution in [0.4, 0.5) is 4.39 Å². The molecule has 13 heteroatoms. The van der Waals surface area contributed by atoms with E-state index in [1.54, 1.807) is 9.80 Å². The van der Waals surface area contributed by atoms with Gasteiger partial charge in [-0.3, -0.25) is 19.2 Å². The molecule has 1 aromatic rings. The van der Waals surface area contributed by atoms with Crippen LogP contribution in [0, 0.1) is 17.7 Å². The molecule has 0 unspecified atom stereocenters. The van der Waals surface area contributed by atoms with Crippen LogP contribution in [0.5, 0.6) is 0 Å². The summed E-state index contributed by atoms with van der Waals surface area (Å²) in [6.45, 7) is 6.00. The lowest BCUT2D eigenvalue weighted by Gasteiger charge is -2.42. The third-order valence-corrected chi connectivity index (χ3v) is 10.4. The molecule has 2 atom stereocenters. The largest absolute Gasteiger partial charge is 0.377 e. The normalized spacial score (nSPS) is 25.5. The highest BCUT2D eigenvalue weighted by Gasteiger charge is 2.36. The first-order chi connectivity index (χ1) is 23.3. The van der Waals surface area contributed by atoms with Gasteiger partial charge in [-0.25, -0.2) is 4.39 Å². The molecule has 5 saturated heterocycles. The molecular weight excluding hydrogens is 619 g/mol. The minimum atomic E-state index is -0.397. The number of benzene rings is 1. The molecule has 0 saturated carbocycles. The van der Waals surface area contributed by atoms with Gasteiger partial charge in [-0.05, 0) is 101 Å². The number of nitrogens with zero attached hydrogens (tertiary/aromatic N) is 4. The molecular formula is C35H53FN6O6. The van der Waals surface area contributed by atoms with Crippen molar-refractivity contribution in [3.63, 3.8) is 0 Å². The predicted molar refractivity (Wildman–Crippen MR) is 178 cm³/mol. The molecule has 1 aromatic carbocycles. The second-order valence-electron chi connectivity index (χ2n) is 13.7. The van der Waals surface area contributed by atoms with E-state index in [9.17, 15) is 23.6 Å². The van der Waals surface area contributed by atoms with Gasteiger partial charge in [0.1, 0.15) is 19.0 Å². The SMILES string of the molecule is CN1CCC(NCC[C@H]2CN3CC[C@H]2CC(=O)NCCOCCOCC(=O)N(C2CCN(C(=O)c4ccc(F)cc4)CC2)CC3=O)CC1. The van der Waals surface area contributed by atoms with Crippen molar-refractivity contribution in [2.75, 3.05) is 92.4 Å². The van der Waals surface area contributed by atoms with Crippen LogP contribution < -0.4 is 10.6 Å². The lowest BCUT2D eigenvalue weighted by atomic mass is 9.80. The van der Waals surface area contributed by atoms with Crippen LogP contribution in [-0.2, 0) is 23.9 Å². The first-order valence-corrected chi connectivity index (χ1v) is 17.7. The number of piperidine rings is 3. The highest BCUT2D eigenvalue weighted by molar-refractivity contribution is 5.94. The molecule has 5 aliphatic heterocycles. The molecule has 5 heterocycles. The number of hydrogen-bond donors (Lipinski definition) is 2. The second-order valence-corrected chi connectivity index (χ2v) is 13.7. The second kappa shape index (κ2) is 18.0. The Balaban J connectivity index is 1.23. The number of halogens is 1. The van der Waals surface area contributed by atoms with Gasteiger partial charge in [0.25, 0.3) is 5.91 Å². The Bertz CT molecular complexity index is 1220. The topological polar surface area (TPSA) is 124 Å². The Labute approximate surface area is 283 Å². The Hall–Kier alpha value is -3.13. The van der Waals surface area contributed by atoms with Crippen molar-refractivity contribution in [1.82, 2.24) is 30.2 Å². The summed E-state index contributed by atoms with van der Waals surface area (Å²) in [5.74, 6) is -0.589. The number of carbonyl (C=O) groups is 4. The van der Waals surface area contributed by atoms with Gasteiger partial charge in [0.15, 0.2) is 0 Å². The van der Waals surface area contributed by atoms with Gasteiger partial charge < -0.3 is 39.7 Å². The minimum Gasteiger partial charge on any atom is -0.377 e. The molecule has 266 valence electrons. The van der Waals surface area contributed by atoms with Crippen molar-refractivity contribution >= 4 is 23.6 Å². The summed E-state index contributed by atoms with van der Waals surface area (Å²) in [7, 11) is 2.15. The Morgan fingerprint density at radius 3 is 2.40 bits per heavy atom. The van der Waals surface area contributed by atoms with Crippen molar-refractivity contribution in [3.8, 4) is 0 Å². The van der Waals surface area contributed by atoms with E-state index in [0.717, 1.165) is 45.3 Å². The first kappa shape index (κ1) is 36.2. The van der Waals surface area contributed by atoms with E-state index < -0.39 is 5.82 Å². The summed E-state index contributed by atoms with van der Waals surface area (Å²) in [6.07, 6.45) is 5.31. The zero-order chi connectivity index (χ0) is 33.9.